The van der Waals surface area contributed by atoms with Gasteiger partial charge in [-0.05, 0) is 48.4 Å². The number of hydrogen-bond donors (Lipinski definition) is 2. The van der Waals surface area contributed by atoms with E-state index in [1.54, 1.807) is 26.1 Å². The maximum atomic E-state index is 13.3. The molecule has 1 aliphatic heterocycles. The highest BCUT2D eigenvalue weighted by Crippen LogP contribution is 2.41. The molecule has 29 heavy (non-hydrogen) atoms. The maximum Gasteiger partial charge on any atom is 0.266 e. The van der Waals surface area contributed by atoms with Gasteiger partial charge >= 0.3 is 0 Å². The molecule has 2 atom stereocenters. The van der Waals surface area contributed by atoms with E-state index in [0.29, 0.717) is 23.2 Å². The lowest BCUT2D eigenvalue weighted by Gasteiger charge is -2.27. The van der Waals surface area contributed by atoms with Gasteiger partial charge < -0.3 is 15.8 Å². The highest BCUT2D eigenvalue weighted by molar-refractivity contribution is 6.08. The molecule has 8 heteroatoms. The topological polar surface area (TPSA) is 80.0 Å². The largest absolute Gasteiger partial charge is 0.457 e. The summed E-state index contributed by atoms with van der Waals surface area (Å²) in [5, 5.41) is 3.08. The summed E-state index contributed by atoms with van der Waals surface area (Å²) in [4.78, 5) is 19.2. The van der Waals surface area contributed by atoms with Crippen LogP contribution in [0.5, 0.6) is 5.75 Å². The number of carbonyl (C=O) groups is 1. The lowest BCUT2D eigenvalue weighted by Crippen LogP contribution is -2.41. The van der Waals surface area contributed by atoms with Crippen LogP contribution in [0.1, 0.15) is 22.3 Å². The third-order valence-corrected chi connectivity index (χ3v) is 4.93. The van der Waals surface area contributed by atoms with Gasteiger partial charge in [0.25, 0.3) is 12.3 Å². The van der Waals surface area contributed by atoms with E-state index in [1.165, 1.54) is 11.0 Å². The summed E-state index contributed by atoms with van der Waals surface area (Å²) in [5.41, 5.74) is 7.41. The van der Waals surface area contributed by atoms with Gasteiger partial charge in [0.15, 0.2) is 18.2 Å². The summed E-state index contributed by atoms with van der Waals surface area (Å²) in [6, 6.07) is 12.4. The first kappa shape index (κ1) is 20.7. The van der Waals surface area contributed by atoms with Gasteiger partial charge in [-0.15, -0.1) is 0 Å². The van der Waals surface area contributed by atoms with Crippen molar-refractivity contribution in [1.82, 2.24) is 10.2 Å². The fraction of sp³-hybridized carbons (Fsp3) is 0.333. The molecule has 1 aliphatic rings. The predicted molar refractivity (Wildman–Crippen MR) is 107 cm³/mol. The second-order valence-electron chi connectivity index (χ2n) is 6.94. The van der Waals surface area contributed by atoms with E-state index in [4.69, 9.17) is 10.5 Å². The van der Waals surface area contributed by atoms with Gasteiger partial charge in [-0.2, -0.15) is 4.39 Å². The van der Waals surface area contributed by atoms with Crippen molar-refractivity contribution in [3.63, 3.8) is 0 Å². The Morgan fingerprint density at radius 2 is 2.00 bits per heavy atom. The number of halogens is 2. The summed E-state index contributed by atoms with van der Waals surface area (Å²) in [5.74, 6) is 0.0128. The second-order valence-corrected chi connectivity index (χ2v) is 6.94. The first-order valence-electron chi connectivity index (χ1n) is 9.18. The molecule has 6 nitrogen and oxygen atoms in total. The van der Waals surface area contributed by atoms with Crippen molar-refractivity contribution in [1.29, 1.82) is 0 Å². The number of hydrogen-bond acceptors (Lipinski definition) is 5. The standard InChI is InChI=1S/C21H24F2N4O2/c1-13-9-16(7-8-17(13)29-18(23)11-22)21(19(28)27(3)20(24)26-21)15-6-4-5-14(10-15)12-25-2/h4-10,18,25H,11-12H2,1-3H3,(H2,24,26). The molecule has 1 heterocycles. The molecule has 0 aliphatic carbocycles. The lowest BCUT2D eigenvalue weighted by atomic mass is 9.81. The van der Waals surface area contributed by atoms with E-state index in [-0.39, 0.29) is 17.6 Å². The van der Waals surface area contributed by atoms with Crippen LogP contribution in [-0.4, -0.2) is 43.9 Å². The minimum atomic E-state index is -2.04. The van der Waals surface area contributed by atoms with Crippen LogP contribution >= 0.6 is 0 Å². The van der Waals surface area contributed by atoms with E-state index < -0.39 is 18.6 Å². The summed E-state index contributed by atoms with van der Waals surface area (Å²) in [6.07, 6.45) is -2.04. The third kappa shape index (κ3) is 3.67. The number of aliphatic imine (C=N–C) groups is 1. The zero-order chi connectivity index (χ0) is 21.2. The zero-order valence-electron chi connectivity index (χ0n) is 16.6. The summed E-state index contributed by atoms with van der Waals surface area (Å²) in [7, 11) is 3.41. The Morgan fingerprint density at radius 3 is 2.59 bits per heavy atom. The van der Waals surface area contributed by atoms with Crippen molar-refractivity contribution in [2.45, 2.75) is 25.4 Å². The van der Waals surface area contributed by atoms with Crippen molar-refractivity contribution in [2.75, 3.05) is 20.8 Å². The van der Waals surface area contributed by atoms with Gasteiger partial charge in [-0.25, -0.2) is 9.38 Å². The average Bonchev–Trinajstić information content (AvgIpc) is 2.94. The van der Waals surface area contributed by atoms with Crippen LogP contribution in [0.15, 0.2) is 47.5 Å². The quantitative estimate of drug-likeness (QED) is 0.745. The number of nitrogens with two attached hydrogens (primary N) is 1. The predicted octanol–water partition coefficient (Wildman–Crippen LogP) is 2.39. The van der Waals surface area contributed by atoms with Crippen molar-refractivity contribution < 1.29 is 18.3 Å². The van der Waals surface area contributed by atoms with Gasteiger partial charge in [-0.1, -0.05) is 30.3 Å². The number of likely N-dealkylation sites (N-methyl/N-ethyl adjacent to an activating group) is 1. The van der Waals surface area contributed by atoms with Gasteiger partial charge in [0, 0.05) is 13.6 Å². The van der Waals surface area contributed by atoms with E-state index in [1.807, 2.05) is 31.3 Å². The molecule has 0 spiro atoms. The van der Waals surface area contributed by atoms with Crippen molar-refractivity contribution in [2.24, 2.45) is 10.7 Å². The van der Waals surface area contributed by atoms with Crippen LogP contribution in [0.25, 0.3) is 0 Å². The zero-order valence-corrected chi connectivity index (χ0v) is 16.6. The molecule has 0 bridgehead atoms. The van der Waals surface area contributed by atoms with Crippen molar-refractivity contribution in [3.05, 3.63) is 64.7 Å². The number of rotatable bonds is 7. The Balaban J connectivity index is 2.15. The van der Waals surface area contributed by atoms with E-state index in [0.717, 1.165) is 5.56 Å². The molecule has 0 saturated heterocycles. The Kier molecular flexibility index (Phi) is 5.83. The molecule has 2 unspecified atom stereocenters. The lowest BCUT2D eigenvalue weighted by molar-refractivity contribution is -0.129. The fourth-order valence-electron chi connectivity index (χ4n) is 3.47. The molecular formula is C21H24F2N4O2. The first-order valence-corrected chi connectivity index (χ1v) is 9.18. The molecule has 1 amide bonds. The first-order chi connectivity index (χ1) is 13.8. The molecule has 2 aromatic carbocycles. The van der Waals surface area contributed by atoms with Crippen LogP contribution in [0.4, 0.5) is 8.78 Å². The van der Waals surface area contributed by atoms with Gasteiger partial charge in [0.2, 0.25) is 0 Å². The van der Waals surface area contributed by atoms with E-state index in [2.05, 4.69) is 10.3 Å². The van der Waals surface area contributed by atoms with Crippen molar-refractivity contribution in [3.8, 4) is 5.75 Å². The number of ether oxygens (including phenoxy) is 1. The SMILES string of the molecule is CNCc1cccc(C2(c3ccc(OC(F)CF)c(C)c3)N=C(N)N(C)C2=O)c1. The van der Waals surface area contributed by atoms with E-state index in [9.17, 15) is 13.6 Å². The molecule has 0 fully saturated rings. The number of nitrogens with one attached hydrogen (secondary N) is 1. The van der Waals surface area contributed by atoms with Crippen LogP contribution in [0, 0.1) is 6.92 Å². The van der Waals surface area contributed by atoms with E-state index >= 15 is 0 Å². The highest BCUT2D eigenvalue weighted by Gasteiger charge is 2.49. The van der Waals surface area contributed by atoms with Crippen LogP contribution < -0.4 is 15.8 Å². The smallest absolute Gasteiger partial charge is 0.266 e. The minimum absolute atomic E-state index is 0.105. The Hall–Kier alpha value is -3.00. The van der Waals surface area contributed by atoms with Crippen LogP contribution in [0.3, 0.4) is 0 Å². The number of guanidine groups is 1. The van der Waals surface area contributed by atoms with Crippen LogP contribution in [0.2, 0.25) is 0 Å². The number of benzene rings is 2. The molecular weight excluding hydrogens is 378 g/mol. The fourth-order valence-corrected chi connectivity index (χ4v) is 3.47. The Labute approximate surface area is 168 Å². The van der Waals surface area contributed by atoms with Gasteiger partial charge in [0.1, 0.15) is 5.75 Å². The third-order valence-electron chi connectivity index (χ3n) is 4.93. The number of aryl methyl sites for hydroxylation is 1. The second kappa shape index (κ2) is 8.16. The number of carbonyl (C=O) groups excluding carboxylic acids is 1. The maximum absolute atomic E-state index is 13.3. The summed E-state index contributed by atoms with van der Waals surface area (Å²) in [6.45, 7) is 1.08. The molecule has 3 N–H and O–H groups in total. The molecule has 0 saturated carbocycles. The Bertz CT molecular complexity index is 950. The normalized spacial score (nSPS) is 20.0. The number of alkyl halides is 2. The Morgan fingerprint density at radius 1 is 1.28 bits per heavy atom. The number of amides is 1. The average molecular weight is 402 g/mol. The van der Waals surface area contributed by atoms with Crippen molar-refractivity contribution >= 4 is 11.9 Å². The van der Waals surface area contributed by atoms with Gasteiger partial charge in [0.05, 0.1) is 0 Å². The summed E-state index contributed by atoms with van der Waals surface area (Å²) >= 11 is 0. The molecule has 2 aromatic rings. The minimum Gasteiger partial charge on any atom is -0.457 e. The van der Waals surface area contributed by atoms with Crippen LogP contribution in [-0.2, 0) is 16.9 Å². The van der Waals surface area contributed by atoms with Gasteiger partial charge in [-0.3, -0.25) is 9.69 Å². The molecule has 0 aromatic heterocycles. The number of nitrogens with zero attached hydrogens (tertiary/aromatic N) is 2. The highest BCUT2D eigenvalue weighted by atomic mass is 19.2. The monoisotopic (exact) mass is 402 g/mol. The summed E-state index contributed by atoms with van der Waals surface area (Å²) < 4.78 is 30.7. The molecule has 3 rings (SSSR count). The molecule has 0 radical (unpaired) electrons. The molecule has 154 valence electrons.